The van der Waals surface area contributed by atoms with Crippen molar-refractivity contribution in [2.45, 2.75) is 6.92 Å². The molecule has 0 N–H and O–H groups in total. The molecule has 5 heteroatoms. The molecule has 106 valence electrons. The number of rotatable bonds is 1. The largest absolute Gasteiger partial charge is 0.283 e. The third-order valence-corrected chi connectivity index (χ3v) is 3.91. The number of carbonyl (C=O) groups excluding carboxylic acids is 1. The molecule has 0 amide bonds. The Morgan fingerprint density at radius 1 is 1.10 bits per heavy atom. The summed E-state index contributed by atoms with van der Waals surface area (Å²) in [4.78, 5) is 12.6. The van der Waals surface area contributed by atoms with Crippen molar-refractivity contribution in [3.05, 3.63) is 69.6 Å². The quantitative estimate of drug-likeness (QED) is 0.572. The monoisotopic (exact) mass is 321 g/mol. The Kier molecular flexibility index (Phi) is 3.47. The molecule has 0 aliphatic heterocycles. The van der Waals surface area contributed by atoms with Crippen LogP contribution in [0, 0.1) is 12.7 Å². The molecule has 2 nitrogen and oxygen atoms in total. The third kappa shape index (κ3) is 2.43. The SMILES string of the molecule is Cc1ccc2c(ccn2C(=O)c2cc(F)c(Cl)cc2Cl)c1. The highest BCUT2D eigenvalue weighted by Gasteiger charge is 2.17. The molecule has 0 unspecified atom stereocenters. The summed E-state index contributed by atoms with van der Waals surface area (Å²) >= 11 is 11.7. The topological polar surface area (TPSA) is 22.0 Å². The molecule has 2 aromatic carbocycles. The summed E-state index contributed by atoms with van der Waals surface area (Å²) in [6.07, 6.45) is 1.65. The molecule has 3 rings (SSSR count). The molecule has 0 saturated carbocycles. The minimum atomic E-state index is -0.670. The van der Waals surface area contributed by atoms with Gasteiger partial charge in [0.25, 0.3) is 5.91 Å². The van der Waals surface area contributed by atoms with Crippen molar-refractivity contribution in [2.75, 3.05) is 0 Å². The predicted octanol–water partition coefficient (Wildman–Crippen LogP) is 5.08. The highest BCUT2D eigenvalue weighted by Crippen LogP contribution is 2.26. The molecule has 0 fully saturated rings. The number of fused-ring (bicyclic) bond motifs is 1. The van der Waals surface area contributed by atoms with Gasteiger partial charge in [-0.3, -0.25) is 9.36 Å². The number of halogens is 3. The summed E-state index contributed by atoms with van der Waals surface area (Å²) < 4.78 is 15.0. The van der Waals surface area contributed by atoms with Crippen LogP contribution in [-0.4, -0.2) is 10.5 Å². The van der Waals surface area contributed by atoms with Crippen LogP contribution in [0.1, 0.15) is 15.9 Å². The van der Waals surface area contributed by atoms with E-state index in [-0.39, 0.29) is 15.6 Å². The summed E-state index contributed by atoms with van der Waals surface area (Å²) in [7, 11) is 0. The van der Waals surface area contributed by atoms with Crippen LogP contribution in [-0.2, 0) is 0 Å². The zero-order valence-corrected chi connectivity index (χ0v) is 12.5. The Bertz CT molecular complexity index is 870. The summed E-state index contributed by atoms with van der Waals surface area (Å²) in [6, 6.07) is 9.87. The molecule has 0 atom stereocenters. The highest BCUT2D eigenvalue weighted by molar-refractivity contribution is 6.37. The lowest BCUT2D eigenvalue weighted by molar-refractivity contribution is 0.0964. The summed E-state index contributed by atoms with van der Waals surface area (Å²) in [5.41, 5.74) is 1.93. The summed E-state index contributed by atoms with van der Waals surface area (Å²) in [5.74, 6) is -1.06. The van der Waals surface area contributed by atoms with Gasteiger partial charge in [0.15, 0.2) is 0 Å². The molecule has 0 aliphatic carbocycles. The van der Waals surface area contributed by atoms with Crippen LogP contribution in [0.2, 0.25) is 10.0 Å². The Morgan fingerprint density at radius 2 is 1.86 bits per heavy atom. The predicted molar refractivity (Wildman–Crippen MR) is 82.8 cm³/mol. The number of benzene rings is 2. The van der Waals surface area contributed by atoms with Gasteiger partial charge in [0.2, 0.25) is 0 Å². The van der Waals surface area contributed by atoms with Crippen LogP contribution >= 0.6 is 23.2 Å². The zero-order chi connectivity index (χ0) is 15.1. The van der Waals surface area contributed by atoms with E-state index in [1.54, 1.807) is 6.20 Å². The van der Waals surface area contributed by atoms with Crippen LogP contribution in [0.15, 0.2) is 42.6 Å². The van der Waals surface area contributed by atoms with Gasteiger partial charge in [-0.1, -0.05) is 34.8 Å². The van der Waals surface area contributed by atoms with Crippen molar-refractivity contribution in [2.24, 2.45) is 0 Å². The maximum atomic E-state index is 13.6. The van der Waals surface area contributed by atoms with Gasteiger partial charge in [-0.15, -0.1) is 0 Å². The van der Waals surface area contributed by atoms with E-state index < -0.39 is 11.7 Å². The lowest BCUT2D eigenvalue weighted by Gasteiger charge is -2.07. The minimum Gasteiger partial charge on any atom is -0.283 e. The van der Waals surface area contributed by atoms with Crippen molar-refractivity contribution in [3.63, 3.8) is 0 Å². The van der Waals surface area contributed by atoms with E-state index in [0.717, 1.165) is 22.5 Å². The van der Waals surface area contributed by atoms with Gasteiger partial charge in [-0.2, -0.15) is 0 Å². The molecule has 0 bridgehead atoms. The smallest absolute Gasteiger partial charge is 0.263 e. The van der Waals surface area contributed by atoms with Gasteiger partial charge >= 0.3 is 0 Å². The molecule has 1 aromatic heterocycles. The average molecular weight is 322 g/mol. The van der Waals surface area contributed by atoms with Crippen molar-refractivity contribution in [1.29, 1.82) is 0 Å². The number of aryl methyl sites for hydroxylation is 1. The van der Waals surface area contributed by atoms with E-state index >= 15 is 0 Å². The number of hydrogen-bond acceptors (Lipinski definition) is 1. The average Bonchev–Trinajstić information content (AvgIpc) is 2.85. The zero-order valence-electron chi connectivity index (χ0n) is 11.0. The van der Waals surface area contributed by atoms with E-state index in [9.17, 15) is 9.18 Å². The van der Waals surface area contributed by atoms with E-state index in [4.69, 9.17) is 23.2 Å². The van der Waals surface area contributed by atoms with Crippen LogP contribution in [0.4, 0.5) is 4.39 Å². The molecule has 0 radical (unpaired) electrons. The fourth-order valence-corrected chi connectivity index (χ4v) is 2.72. The number of hydrogen-bond donors (Lipinski definition) is 0. The first kappa shape index (κ1) is 14.1. The van der Waals surface area contributed by atoms with Crippen LogP contribution in [0.25, 0.3) is 10.9 Å². The molecule has 21 heavy (non-hydrogen) atoms. The van der Waals surface area contributed by atoms with E-state index in [2.05, 4.69) is 0 Å². The Balaban J connectivity index is 2.15. The van der Waals surface area contributed by atoms with Crippen LogP contribution < -0.4 is 0 Å². The number of carbonyl (C=O) groups is 1. The molecule has 0 aliphatic rings. The molecule has 3 aromatic rings. The Labute approximate surface area is 130 Å². The third-order valence-electron chi connectivity index (χ3n) is 3.30. The first-order valence-corrected chi connectivity index (χ1v) is 7.00. The van der Waals surface area contributed by atoms with Gasteiger partial charge in [0, 0.05) is 11.6 Å². The molecule has 1 heterocycles. The summed E-state index contributed by atoms with van der Waals surface area (Å²) in [5, 5.41) is 0.957. The fourth-order valence-electron chi connectivity index (χ4n) is 2.26. The lowest BCUT2D eigenvalue weighted by Crippen LogP contribution is -2.11. The molecular formula is C16H10Cl2FNO. The Morgan fingerprint density at radius 3 is 2.62 bits per heavy atom. The number of aromatic nitrogens is 1. The highest BCUT2D eigenvalue weighted by atomic mass is 35.5. The van der Waals surface area contributed by atoms with E-state index in [1.807, 2.05) is 31.2 Å². The molecule has 0 spiro atoms. The number of nitrogens with zero attached hydrogens (tertiary/aromatic N) is 1. The van der Waals surface area contributed by atoms with Gasteiger partial charge in [0.05, 0.1) is 21.1 Å². The minimum absolute atomic E-state index is 0.0802. The fraction of sp³-hybridized carbons (Fsp3) is 0.0625. The van der Waals surface area contributed by atoms with Gasteiger partial charge in [-0.25, -0.2) is 4.39 Å². The normalized spacial score (nSPS) is 11.0. The Hall–Kier alpha value is -1.84. The molecule has 0 saturated heterocycles. The molecular weight excluding hydrogens is 312 g/mol. The first-order valence-electron chi connectivity index (χ1n) is 6.24. The second-order valence-corrected chi connectivity index (χ2v) is 5.61. The maximum Gasteiger partial charge on any atom is 0.263 e. The van der Waals surface area contributed by atoms with Crippen LogP contribution in [0.5, 0.6) is 0 Å². The van der Waals surface area contributed by atoms with E-state index in [0.29, 0.717) is 0 Å². The second kappa shape index (κ2) is 5.17. The van der Waals surface area contributed by atoms with Gasteiger partial charge in [-0.05, 0) is 37.3 Å². The van der Waals surface area contributed by atoms with Crippen molar-refractivity contribution in [1.82, 2.24) is 4.57 Å². The maximum absolute atomic E-state index is 13.6. The first-order chi connectivity index (χ1) is 9.97. The van der Waals surface area contributed by atoms with Crippen molar-refractivity contribution >= 4 is 40.0 Å². The van der Waals surface area contributed by atoms with E-state index in [1.165, 1.54) is 10.6 Å². The lowest BCUT2D eigenvalue weighted by atomic mass is 10.1. The van der Waals surface area contributed by atoms with Gasteiger partial charge in [0.1, 0.15) is 5.82 Å². The van der Waals surface area contributed by atoms with Gasteiger partial charge < -0.3 is 0 Å². The second-order valence-electron chi connectivity index (χ2n) is 4.80. The van der Waals surface area contributed by atoms with Crippen molar-refractivity contribution in [3.8, 4) is 0 Å². The summed E-state index contributed by atoms with van der Waals surface area (Å²) in [6.45, 7) is 1.98. The van der Waals surface area contributed by atoms with Crippen LogP contribution in [0.3, 0.4) is 0 Å². The van der Waals surface area contributed by atoms with Crippen molar-refractivity contribution < 1.29 is 9.18 Å². The standard InChI is InChI=1S/C16H10Cl2FNO/c1-9-2-3-15-10(6-9)4-5-20(15)16(21)11-7-14(19)13(18)8-12(11)17/h2-8H,1H3.